The summed E-state index contributed by atoms with van der Waals surface area (Å²) in [4.78, 5) is 15.6. The number of rotatable bonds is 4. The lowest BCUT2D eigenvalue weighted by Crippen LogP contribution is -2.48. The first-order valence-electron chi connectivity index (χ1n) is 7.49. The first kappa shape index (κ1) is 16.1. The molecular formula is C16H24ClN3O. The zero-order valence-corrected chi connectivity index (χ0v) is 13.8. The maximum absolute atomic E-state index is 11.4. The largest absolute Gasteiger partial charge is 0.368 e. The molecule has 1 aromatic carbocycles. The molecule has 1 N–H and O–H groups in total. The number of carbonyl (C=O) groups is 1. The van der Waals surface area contributed by atoms with Crippen LogP contribution in [0.25, 0.3) is 0 Å². The van der Waals surface area contributed by atoms with Gasteiger partial charge in [0.1, 0.15) is 0 Å². The molecule has 116 valence electrons. The van der Waals surface area contributed by atoms with Gasteiger partial charge in [-0.15, -0.1) is 0 Å². The number of piperazine rings is 1. The maximum Gasteiger partial charge on any atom is 0.219 e. The van der Waals surface area contributed by atoms with E-state index in [1.165, 1.54) is 11.3 Å². The number of nitrogens with zero attached hydrogens (tertiary/aromatic N) is 2. The minimum absolute atomic E-state index is 0.155. The minimum atomic E-state index is 0.155. The molecule has 0 aromatic heterocycles. The van der Waals surface area contributed by atoms with Crippen LogP contribution in [0.1, 0.15) is 26.3 Å². The van der Waals surface area contributed by atoms with Crippen molar-refractivity contribution < 1.29 is 4.79 Å². The van der Waals surface area contributed by atoms with Gasteiger partial charge in [-0.2, -0.15) is 0 Å². The zero-order chi connectivity index (χ0) is 15.4. The van der Waals surface area contributed by atoms with Crippen molar-refractivity contribution in [3.8, 4) is 0 Å². The summed E-state index contributed by atoms with van der Waals surface area (Å²) >= 11 is 6.17. The molecule has 5 heteroatoms. The molecule has 1 heterocycles. The van der Waals surface area contributed by atoms with E-state index in [4.69, 9.17) is 11.6 Å². The Bertz CT molecular complexity index is 496. The van der Waals surface area contributed by atoms with Crippen LogP contribution in [0.3, 0.4) is 0 Å². The fourth-order valence-corrected chi connectivity index (χ4v) is 2.72. The average Bonchev–Trinajstić information content (AvgIpc) is 2.46. The first-order chi connectivity index (χ1) is 9.97. The highest BCUT2D eigenvalue weighted by Gasteiger charge is 2.20. The first-order valence-corrected chi connectivity index (χ1v) is 7.87. The van der Waals surface area contributed by atoms with E-state index in [9.17, 15) is 4.79 Å². The van der Waals surface area contributed by atoms with E-state index in [0.29, 0.717) is 6.04 Å². The van der Waals surface area contributed by atoms with Gasteiger partial charge in [-0.1, -0.05) is 31.5 Å². The van der Waals surface area contributed by atoms with Crippen molar-refractivity contribution in [2.24, 2.45) is 0 Å². The molecule has 2 rings (SSSR count). The van der Waals surface area contributed by atoms with E-state index in [0.717, 1.165) is 37.7 Å². The van der Waals surface area contributed by atoms with Crippen LogP contribution < -0.4 is 10.2 Å². The Balaban J connectivity index is 2.11. The highest BCUT2D eigenvalue weighted by Crippen LogP contribution is 2.26. The fraction of sp³-hybridized carbons (Fsp3) is 0.562. The maximum atomic E-state index is 11.4. The smallest absolute Gasteiger partial charge is 0.219 e. The molecule has 1 saturated heterocycles. The van der Waals surface area contributed by atoms with E-state index in [2.05, 4.69) is 30.1 Å². The Morgan fingerprint density at radius 1 is 1.29 bits per heavy atom. The molecule has 1 aromatic rings. The van der Waals surface area contributed by atoms with Crippen LogP contribution >= 0.6 is 11.6 Å². The van der Waals surface area contributed by atoms with Gasteiger partial charge in [-0.3, -0.25) is 4.79 Å². The lowest BCUT2D eigenvalue weighted by atomic mass is 10.1. The van der Waals surface area contributed by atoms with Crippen LogP contribution in [-0.2, 0) is 11.3 Å². The number of amides is 1. The van der Waals surface area contributed by atoms with Crippen LogP contribution in [-0.4, -0.2) is 43.0 Å². The zero-order valence-electron chi connectivity index (χ0n) is 13.0. The van der Waals surface area contributed by atoms with Gasteiger partial charge in [0.25, 0.3) is 0 Å². The Kier molecular flexibility index (Phi) is 5.48. The molecule has 1 aliphatic rings. The van der Waals surface area contributed by atoms with Gasteiger partial charge in [0.05, 0.1) is 0 Å². The van der Waals surface area contributed by atoms with Crippen LogP contribution in [0, 0.1) is 0 Å². The molecule has 1 amide bonds. The predicted octanol–water partition coefficient (Wildman–Crippen LogP) is 2.51. The predicted molar refractivity (Wildman–Crippen MR) is 87.9 cm³/mol. The molecule has 0 bridgehead atoms. The van der Waals surface area contributed by atoms with Crippen LogP contribution in [0.2, 0.25) is 5.02 Å². The standard InChI is InChI=1S/C16H24ClN3O/c1-12(2)18-11-14-4-5-15(17)10-16(14)20-8-6-19(7-9-20)13(3)21/h4-5,10,12,18H,6-9,11H2,1-3H3. The number of hydrogen-bond donors (Lipinski definition) is 1. The van der Waals surface area contributed by atoms with Crippen molar-refractivity contribution in [2.75, 3.05) is 31.1 Å². The van der Waals surface area contributed by atoms with E-state index in [1.807, 2.05) is 17.0 Å². The van der Waals surface area contributed by atoms with Crippen LogP contribution in [0.5, 0.6) is 0 Å². The number of hydrogen-bond acceptors (Lipinski definition) is 3. The number of halogens is 1. The van der Waals surface area contributed by atoms with Gasteiger partial charge >= 0.3 is 0 Å². The Morgan fingerprint density at radius 3 is 2.52 bits per heavy atom. The summed E-state index contributed by atoms with van der Waals surface area (Å²) in [6, 6.07) is 6.50. The molecular weight excluding hydrogens is 286 g/mol. The lowest BCUT2D eigenvalue weighted by Gasteiger charge is -2.36. The number of carbonyl (C=O) groups excluding carboxylic acids is 1. The monoisotopic (exact) mass is 309 g/mol. The lowest BCUT2D eigenvalue weighted by molar-refractivity contribution is -0.129. The van der Waals surface area contributed by atoms with E-state index < -0.39 is 0 Å². The summed E-state index contributed by atoms with van der Waals surface area (Å²) in [7, 11) is 0. The molecule has 0 saturated carbocycles. The van der Waals surface area contributed by atoms with Gasteiger partial charge in [0.15, 0.2) is 0 Å². The van der Waals surface area contributed by atoms with Crippen LogP contribution in [0.15, 0.2) is 18.2 Å². The third kappa shape index (κ3) is 4.35. The van der Waals surface area contributed by atoms with Crippen molar-refractivity contribution in [3.63, 3.8) is 0 Å². The highest BCUT2D eigenvalue weighted by molar-refractivity contribution is 6.30. The summed E-state index contributed by atoms with van der Waals surface area (Å²) < 4.78 is 0. The van der Waals surface area contributed by atoms with Gasteiger partial charge < -0.3 is 15.1 Å². The van der Waals surface area contributed by atoms with E-state index in [1.54, 1.807) is 6.92 Å². The number of anilines is 1. The Hall–Kier alpha value is -1.26. The molecule has 1 aliphatic heterocycles. The fourth-order valence-electron chi connectivity index (χ4n) is 2.56. The van der Waals surface area contributed by atoms with Gasteiger partial charge in [-0.25, -0.2) is 0 Å². The highest BCUT2D eigenvalue weighted by atomic mass is 35.5. The molecule has 1 fully saturated rings. The average molecular weight is 310 g/mol. The molecule has 0 atom stereocenters. The SMILES string of the molecule is CC(=O)N1CCN(c2cc(Cl)ccc2CNC(C)C)CC1. The van der Waals surface area contributed by atoms with Crippen molar-refractivity contribution >= 4 is 23.2 Å². The minimum Gasteiger partial charge on any atom is -0.368 e. The molecule has 0 spiro atoms. The molecule has 0 aliphatic carbocycles. The summed E-state index contributed by atoms with van der Waals surface area (Å²) in [5.41, 5.74) is 2.43. The van der Waals surface area contributed by atoms with E-state index in [-0.39, 0.29) is 5.91 Å². The number of benzene rings is 1. The molecule has 4 nitrogen and oxygen atoms in total. The summed E-state index contributed by atoms with van der Waals surface area (Å²) in [6.07, 6.45) is 0. The normalized spacial score (nSPS) is 15.7. The second kappa shape index (κ2) is 7.14. The van der Waals surface area contributed by atoms with Crippen molar-refractivity contribution in [3.05, 3.63) is 28.8 Å². The topological polar surface area (TPSA) is 35.6 Å². The van der Waals surface area contributed by atoms with Crippen molar-refractivity contribution in [1.82, 2.24) is 10.2 Å². The molecule has 0 radical (unpaired) electrons. The second-order valence-electron chi connectivity index (χ2n) is 5.80. The molecule has 0 unspecified atom stereocenters. The van der Waals surface area contributed by atoms with Crippen LogP contribution in [0.4, 0.5) is 5.69 Å². The summed E-state index contributed by atoms with van der Waals surface area (Å²) in [5.74, 6) is 0.155. The van der Waals surface area contributed by atoms with Gasteiger partial charge in [0.2, 0.25) is 5.91 Å². The van der Waals surface area contributed by atoms with Crippen molar-refractivity contribution in [2.45, 2.75) is 33.4 Å². The molecule has 21 heavy (non-hydrogen) atoms. The van der Waals surface area contributed by atoms with Gasteiger partial charge in [-0.05, 0) is 17.7 Å². The quantitative estimate of drug-likeness (QED) is 0.928. The van der Waals surface area contributed by atoms with Gasteiger partial charge in [0, 0.05) is 56.4 Å². The number of nitrogens with one attached hydrogen (secondary N) is 1. The summed E-state index contributed by atoms with van der Waals surface area (Å²) in [5, 5.41) is 4.21. The summed E-state index contributed by atoms with van der Waals surface area (Å²) in [6.45, 7) is 10.0. The van der Waals surface area contributed by atoms with Crippen molar-refractivity contribution in [1.29, 1.82) is 0 Å². The third-order valence-electron chi connectivity index (χ3n) is 3.81. The third-order valence-corrected chi connectivity index (χ3v) is 4.05. The Morgan fingerprint density at radius 2 is 1.95 bits per heavy atom. The van der Waals surface area contributed by atoms with E-state index >= 15 is 0 Å². The Labute approximate surface area is 132 Å². The second-order valence-corrected chi connectivity index (χ2v) is 6.24.